The number of aryl methyl sites for hydroxylation is 1. The zero-order chi connectivity index (χ0) is 33.3. The summed E-state index contributed by atoms with van der Waals surface area (Å²) >= 11 is 9.53. The summed E-state index contributed by atoms with van der Waals surface area (Å²) < 4.78 is 41.0. The van der Waals surface area contributed by atoms with E-state index in [4.69, 9.17) is 26.0 Å². The summed E-state index contributed by atoms with van der Waals surface area (Å²) in [4.78, 5) is 26.8. The molecule has 0 bridgehead atoms. The number of fused-ring (bicyclic) bond motifs is 2. The maximum absolute atomic E-state index is 13.0. The number of rotatable bonds is 6. The van der Waals surface area contributed by atoms with Gasteiger partial charge in [0, 0.05) is 38.9 Å². The largest absolute Gasteiger partial charge is 0.439 e. The second-order valence-corrected chi connectivity index (χ2v) is 12.8. The molecule has 3 aromatic heterocycles. The number of carbonyl (C=O) groups is 1. The summed E-state index contributed by atoms with van der Waals surface area (Å²) in [6, 6.07) is 22.9. The average molecular weight is 738 g/mol. The Bertz CT molecular complexity index is 2440. The van der Waals surface area contributed by atoms with Gasteiger partial charge >= 0.3 is 15.9 Å². The molecule has 4 N–H and O–H groups in total. The van der Waals surface area contributed by atoms with Crippen LogP contribution >= 0.6 is 27.5 Å². The average Bonchev–Trinajstić information content (AvgIpc) is 3.79. The van der Waals surface area contributed by atoms with E-state index >= 15 is 0 Å². The first-order valence-electron chi connectivity index (χ1n) is 13.5. The van der Waals surface area contributed by atoms with Gasteiger partial charge in [0.05, 0.1) is 16.9 Å². The lowest BCUT2D eigenvalue weighted by Gasteiger charge is -2.10. The van der Waals surface area contributed by atoms with E-state index in [1.54, 1.807) is 72.3 Å². The summed E-state index contributed by atoms with van der Waals surface area (Å²) in [5, 5.41) is 12.2. The molecule has 0 unspecified atom stereocenters. The first-order valence-corrected chi connectivity index (χ1v) is 16.1. The van der Waals surface area contributed by atoms with Gasteiger partial charge in [0.2, 0.25) is 0 Å². The van der Waals surface area contributed by atoms with E-state index < -0.39 is 15.9 Å². The predicted molar refractivity (Wildman–Crippen MR) is 179 cm³/mol. The molecule has 4 aromatic carbocycles. The Morgan fingerprint density at radius 1 is 1.04 bits per heavy atom. The molecule has 0 saturated heterocycles. The van der Waals surface area contributed by atoms with E-state index in [1.807, 2.05) is 6.07 Å². The zero-order valence-electron chi connectivity index (χ0n) is 24.1. The van der Waals surface area contributed by atoms with Crippen molar-refractivity contribution in [2.24, 2.45) is 7.05 Å². The van der Waals surface area contributed by atoms with Crippen molar-refractivity contribution in [2.45, 2.75) is 4.90 Å². The Kier molecular flexibility index (Phi) is 8.60. The van der Waals surface area contributed by atoms with Crippen molar-refractivity contribution >= 4 is 76.7 Å². The van der Waals surface area contributed by atoms with Crippen LogP contribution in [0, 0.1) is 0 Å². The molecule has 0 radical (unpaired) electrons. The first-order chi connectivity index (χ1) is 22.5. The van der Waals surface area contributed by atoms with Gasteiger partial charge < -0.3 is 24.3 Å². The summed E-state index contributed by atoms with van der Waals surface area (Å²) in [5.74, 6) is -0.710. The highest BCUT2D eigenvalue weighted by Gasteiger charge is 2.20. The Balaban J connectivity index is 0.000000177. The van der Waals surface area contributed by atoms with Crippen LogP contribution in [-0.2, 0) is 17.2 Å². The van der Waals surface area contributed by atoms with Crippen LogP contribution in [0.25, 0.3) is 33.2 Å². The monoisotopic (exact) mass is 736 g/mol. The smallest absolute Gasteiger partial charge is 0.397 e. The molecule has 1 amide bonds. The number of nitrogens with zero attached hydrogens (tertiary/aromatic N) is 3. The van der Waals surface area contributed by atoms with Gasteiger partial charge in [-0.2, -0.15) is 8.42 Å². The highest BCUT2D eigenvalue weighted by Crippen LogP contribution is 2.33. The number of nitrogens with one attached hydrogen (secondary N) is 2. The summed E-state index contributed by atoms with van der Waals surface area (Å²) in [5.41, 5.74) is 9.16. The lowest BCUT2D eigenvalue weighted by atomic mass is 10.1. The number of halogens is 2. The van der Waals surface area contributed by atoms with Crippen molar-refractivity contribution in [1.82, 2.24) is 19.9 Å². The van der Waals surface area contributed by atoms with E-state index in [0.29, 0.717) is 33.2 Å². The molecule has 47 heavy (non-hydrogen) atoms. The van der Waals surface area contributed by atoms with Crippen LogP contribution in [0.15, 0.2) is 114 Å². The number of carbonyl (C=O) groups excluding carboxylic acids is 1. The first kappa shape index (κ1) is 31.6. The van der Waals surface area contributed by atoms with Gasteiger partial charge in [-0.3, -0.25) is 14.3 Å². The van der Waals surface area contributed by atoms with Crippen molar-refractivity contribution in [3.05, 3.63) is 117 Å². The van der Waals surface area contributed by atoms with Gasteiger partial charge in [-0.15, -0.1) is 0 Å². The lowest BCUT2D eigenvalue weighted by molar-refractivity contribution is 0.101. The number of hydrogen-bond donors (Lipinski definition) is 3. The number of hydrogen-bond acceptors (Lipinski definition) is 10. The summed E-state index contributed by atoms with van der Waals surface area (Å²) in [7, 11) is -2.06. The fourth-order valence-corrected chi connectivity index (χ4v) is 6.24. The van der Waals surface area contributed by atoms with E-state index in [9.17, 15) is 18.0 Å². The Morgan fingerprint density at radius 3 is 2.55 bits per heavy atom. The number of aromatic amines is 1. The van der Waals surface area contributed by atoms with Crippen LogP contribution in [0.3, 0.4) is 0 Å². The summed E-state index contributed by atoms with van der Waals surface area (Å²) in [6.07, 6.45) is 1.48. The van der Waals surface area contributed by atoms with E-state index in [2.05, 4.69) is 41.1 Å². The molecule has 0 saturated carbocycles. The minimum atomic E-state index is -3.82. The summed E-state index contributed by atoms with van der Waals surface area (Å²) in [6.45, 7) is 0. The van der Waals surface area contributed by atoms with Crippen LogP contribution in [0.5, 0.6) is 5.75 Å². The SMILES string of the molecule is Cn1c(C(=O)Nc2ccc(Cl)cc2-c2noc(=O)[nH]2)cc2c(Br)ccc(N)c21.O=S(=O)(Oc1ccc2conc2c1)c1ccccc1. The highest BCUT2D eigenvalue weighted by molar-refractivity contribution is 9.10. The second kappa shape index (κ2) is 12.8. The van der Waals surface area contributed by atoms with Gasteiger partial charge in [-0.25, -0.2) is 4.79 Å². The van der Waals surface area contributed by atoms with Crippen LogP contribution in [0.2, 0.25) is 5.02 Å². The molecule has 16 heteroatoms. The predicted octanol–water partition coefficient (Wildman–Crippen LogP) is 6.37. The topological polar surface area (TPSA) is 188 Å². The molecule has 7 aromatic rings. The number of nitrogens with two attached hydrogens (primary N) is 1. The highest BCUT2D eigenvalue weighted by atomic mass is 79.9. The quantitative estimate of drug-likeness (QED) is 0.128. The van der Waals surface area contributed by atoms with Crippen LogP contribution < -0.4 is 21.0 Å². The molecule has 0 fully saturated rings. The van der Waals surface area contributed by atoms with Gasteiger partial charge in [0.1, 0.15) is 28.1 Å². The number of nitrogen functional groups attached to an aromatic ring is 1. The third-order valence-corrected chi connectivity index (χ3v) is 9.09. The second-order valence-electron chi connectivity index (χ2n) is 9.96. The van der Waals surface area contributed by atoms with Crippen LogP contribution in [0.4, 0.5) is 11.4 Å². The number of anilines is 2. The number of H-pyrrole nitrogens is 1. The van der Waals surface area contributed by atoms with Crippen molar-refractivity contribution in [1.29, 1.82) is 0 Å². The van der Waals surface area contributed by atoms with E-state index in [-0.39, 0.29) is 22.4 Å². The molecular formula is C31H22BrClN6O7S. The number of amides is 1. The molecule has 13 nitrogen and oxygen atoms in total. The molecule has 238 valence electrons. The minimum absolute atomic E-state index is 0.107. The van der Waals surface area contributed by atoms with E-state index in [0.717, 1.165) is 20.8 Å². The molecule has 7 rings (SSSR count). The third kappa shape index (κ3) is 6.63. The third-order valence-electron chi connectivity index (χ3n) is 6.90. The maximum Gasteiger partial charge on any atom is 0.439 e. The van der Waals surface area contributed by atoms with Crippen molar-refractivity contribution in [2.75, 3.05) is 11.1 Å². The maximum atomic E-state index is 13.0. The van der Waals surface area contributed by atoms with Crippen molar-refractivity contribution < 1.29 is 26.4 Å². The molecule has 0 spiro atoms. The van der Waals surface area contributed by atoms with Crippen LogP contribution in [-0.4, -0.2) is 34.2 Å². The molecule has 0 aliphatic rings. The Hall–Kier alpha value is -5.38. The van der Waals surface area contributed by atoms with Gasteiger partial charge in [0.25, 0.3) is 5.91 Å². The van der Waals surface area contributed by atoms with Crippen LogP contribution in [0.1, 0.15) is 10.5 Å². The number of aromatic nitrogens is 4. The normalized spacial score (nSPS) is 11.3. The van der Waals surface area contributed by atoms with E-state index in [1.165, 1.54) is 24.5 Å². The fraction of sp³-hybridized carbons (Fsp3) is 0.0323. The minimum Gasteiger partial charge on any atom is -0.397 e. The van der Waals surface area contributed by atoms with Gasteiger partial charge in [-0.05, 0) is 60.7 Å². The van der Waals surface area contributed by atoms with Crippen molar-refractivity contribution in [3.8, 4) is 17.1 Å². The molecule has 0 aliphatic carbocycles. The Morgan fingerprint density at radius 2 is 1.83 bits per heavy atom. The molecule has 0 atom stereocenters. The Labute approximate surface area is 279 Å². The molecular weight excluding hydrogens is 716 g/mol. The number of benzene rings is 4. The fourth-order valence-electron chi connectivity index (χ4n) is 4.69. The van der Waals surface area contributed by atoms with Gasteiger partial charge in [-0.1, -0.05) is 56.0 Å². The molecule has 3 heterocycles. The molecule has 0 aliphatic heterocycles. The lowest BCUT2D eigenvalue weighted by Crippen LogP contribution is -2.16. The van der Waals surface area contributed by atoms with Crippen molar-refractivity contribution in [3.63, 3.8) is 0 Å². The standard InChI is InChI=1S/C18H13BrClN5O3.C13H9NO4S/c1-25-14(7-9-11(19)3-4-12(21)15(9)25)17(26)22-13-5-2-8(20)6-10(13)16-23-18(27)28-24-16;15-19(16,12-4-2-1-3-5-12)18-11-7-6-10-9-17-14-13(10)8-11/h2-7H,21H2,1H3,(H,22,26)(H,23,24,27);1-9H. The van der Waals surface area contributed by atoms with Gasteiger partial charge in [0.15, 0.2) is 5.82 Å². The zero-order valence-corrected chi connectivity index (χ0v) is 27.3.